The number of aliphatic hydroxyl groups is 2. The zero-order valence-electron chi connectivity index (χ0n) is 17.0. The average molecular weight is 428 g/mol. The normalized spacial score (nSPS) is 20.6. The number of β-amino-alcohol motifs (C(OH)–C–C–N with tert-alkyl or cyclic N) is 2. The van der Waals surface area contributed by atoms with Gasteiger partial charge in [0.1, 0.15) is 12.1 Å². The molecule has 31 heavy (non-hydrogen) atoms. The van der Waals surface area contributed by atoms with E-state index < -0.39 is 18.2 Å². The fourth-order valence-electron chi connectivity index (χ4n) is 3.82. The lowest BCUT2D eigenvalue weighted by molar-refractivity contribution is -0.00387. The molecule has 0 saturated carbocycles. The summed E-state index contributed by atoms with van der Waals surface area (Å²) in [6.07, 6.45) is 1.67. The smallest absolute Gasteiger partial charge is 0.326 e. The molecule has 4 rings (SSSR count). The lowest BCUT2D eigenvalue weighted by atomic mass is 10.0. The number of rotatable bonds is 2. The second-order valence-electron chi connectivity index (χ2n) is 7.49. The van der Waals surface area contributed by atoms with Crippen LogP contribution in [0.5, 0.6) is 5.75 Å². The van der Waals surface area contributed by atoms with Gasteiger partial charge < -0.3 is 30.1 Å². The number of carbonyl (C=O) groups excluding carboxylic acids is 2. The van der Waals surface area contributed by atoms with Crippen molar-refractivity contribution in [3.63, 3.8) is 0 Å². The van der Waals surface area contributed by atoms with Crippen molar-refractivity contribution in [2.24, 2.45) is 0 Å². The Hall–Kier alpha value is -3.44. The van der Waals surface area contributed by atoms with Gasteiger partial charge in [-0.2, -0.15) is 0 Å². The Bertz CT molecular complexity index is 1060. The minimum absolute atomic E-state index is 0.0129. The largest absolute Gasteiger partial charge is 0.488 e. The topological polar surface area (TPSA) is 144 Å². The zero-order valence-corrected chi connectivity index (χ0v) is 17.0. The summed E-state index contributed by atoms with van der Waals surface area (Å²) in [7, 11) is 1.50. The van der Waals surface area contributed by atoms with Gasteiger partial charge in [0.05, 0.1) is 24.3 Å². The van der Waals surface area contributed by atoms with E-state index in [1.165, 1.54) is 28.9 Å². The van der Waals surface area contributed by atoms with Crippen LogP contribution in [0.2, 0.25) is 0 Å². The van der Waals surface area contributed by atoms with Crippen LogP contribution in [0, 0.1) is 5.41 Å². The van der Waals surface area contributed by atoms with Crippen molar-refractivity contribution in [1.82, 2.24) is 19.8 Å². The standard InChI is InChI=1S/C20H24N6O5/c1-22-20(30)26-3-2-13(7-17(26)21)25-4-5-31-16-6-12(9-23-18(16)25)19(29)24-10-14(27)8-15(28)11-24/h2-3,6-7,9,14-15,21,27-28H,4-5,8,10-11H2,1H3,(H,22,30)/t14-,15+. The van der Waals surface area contributed by atoms with Crippen LogP contribution in [0.3, 0.4) is 0 Å². The number of nitrogens with one attached hydrogen (secondary N) is 2. The van der Waals surface area contributed by atoms with Gasteiger partial charge >= 0.3 is 6.03 Å². The number of likely N-dealkylation sites (tertiary alicyclic amines) is 1. The molecule has 0 aromatic carbocycles. The van der Waals surface area contributed by atoms with E-state index in [9.17, 15) is 19.8 Å². The monoisotopic (exact) mass is 428 g/mol. The highest BCUT2D eigenvalue weighted by Gasteiger charge is 2.30. The van der Waals surface area contributed by atoms with Crippen molar-refractivity contribution in [1.29, 1.82) is 5.41 Å². The molecule has 11 heteroatoms. The summed E-state index contributed by atoms with van der Waals surface area (Å²) in [5.41, 5.74) is 0.982. The van der Waals surface area contributed by atoms with E-state index in [0.29, 0.717) is 36.0 Å². The van der Waals surface area contributed by atoms with Crippen LogP contribution >= 0.6 is 0 Å². The maximum atomic E-state index is 12.8. The van der Waals surface area contributed by atoms with Crippen molar-refractivity contribution < 1.29 is 24.5 Å². The number of amides is 2. The molecule has 1 saturated heterocycles. The Kier molecular flexibility index (Phi) is 5.61. The molecule has 0 aliphatic carbocycles. The molecule has 0 radical (unpaired) electrons. The molecule has 164 valence electrons. The Labute approximate surface area is 178 Å². The summed E-state index contributed by atoms with van der Waals surface area (Å²) in [6.45, 7) is 1.15. The summed E-state index contributed by atoms with van der Waals surface area (Å²) in [5.74, 6) is 0.581. The fraction of sp³-hybridized carbons (Fsp3) is 0.400. The van der Waals surface area contributed by atoms with Crippen molar-refractivity contribution in [2.45, 2.75) is 18.6 Å². The van der Waals surface area contributed by atoms with Crippen molar-refractivity contribution >= 4 is 23.4 Å². The number of ether oxygens (including phenoxy) is 1. The summed E-state index contributed by atoms with van der Waals surface area (Å²) in [5, 5.41) is 30.3. The zero-order chi connectivity index (χ0) is 22.1. The van der Waals surface area contributed by atoms with Gasteiger partial charge in [-0.1, -0.05) is 0 Å². The van der Waals surface area contributed by atoms with Gasteiger partial charge in [-0.15, -0.1) is 0 Å². The average Bonchev–Trinajstić information content (AvgIpc) is 2.76. The first kappa shape index (κ1) is 20.8. The van der Waals surface area contributed by atoms with E-state index in [4.69, 9.17) is 10.1 Å². The molecule has 2 atom stereocenters. The Morgan fingerprint density at radius 3 is 2.68 bits per heavy atom. The first-order valence-electron chi connectivity index (χ1n) is 9.92. The quantitative estimate of drug-likeness (QED) is 0.512. The van der Waals surface area contributed by atoms with E-state index in [-0.39, 0.29) is 30.9 Å². The van der Waals surface area contributed by atoms with Gasteiger partial charge in [-0.05, 0) is 12.1 Å². The Morgan fingerprint density at radius 1 is 1.26 bits per heavy atom. The van der Waals surface area contributed by atoms with Gasteiger partial charge in [0.2, 0.25) is 0 Å². The Morgan fingerprint density at radius 2 is 2.00 bits per heavy atom. The van der Waals surface area contributed by atoms with E-state index in [2.05, 4.69) is 10.3 Å². The number of hydrogen-bond donors (Lipinski definition) is 4. The van der Waals surface area contributed by atoms with E-state index in [0.717, 1.165) is 0 Å². The SMILES string of the molecule is CNC(=O)n1ccc(N2CCOc3cc(C(=O)N4C[C@H](O)C[C@H](O)C4)cnc32)cc1=N. The molecule has 2 aromatic rings. The lowest BCUT2D eigenvalue weighted by Crippen LogP contribution is -2.48. The van der Waals surface area contributed by atoms with Gasteiger partial charge in [0, 0.05) is 50.7 Å². The molecule has 2 aromatic heterocycles. The third-order valence-electron chi connectivity index (χ3n) is 5.28. The Balaban J connectivity index is 1.60. The molecule has 0 bridgehead atoms. The minimum atomic E-state index is -0.764. The van der Waals surface area contributed by atoms with Crippen molar-refractivity contribution in [3.8, 4) is 5.75 Å². The van der Waals surface area contributed by atoms with Crippen LogP contribution in [0.1, 0.15) is 16.8 Å². The number of nitrogens with zero attached hydrogens (tertiary/aromatic N) is 4. The lowest BCUT2D eigenvalue weighted by Gasteiger charge is -2.34. The van der Waals surface area contributed by atoms with Crippen LogP contribution in [-0.4, -0.2) is 82.1 Å². The molecular weight excluding hydrogens is 404 g/mol. The molecule has 1 fully saturated rings. The summed E-state index contributed by atoms with van der Waals surface area (Å²) < 4.78 is 6.90. The maximum absolute atomic E-state index is 12.8. The predicted octanol–water partition coefficient (Wildman–Crippen LogP) is -0.352. The number of fused-ring (bicyclic) bond motifs is 1. The van der Waals surface area contributed by atoms with Gasteiger partial charge in [0.25, 0.3) is 5.91 Å². The number of carbonyl (C=O) groups is 2. The fourth-order valence-corrected chi connectivity index (χ4v) is 3.82. The second-order valence-corrected chi connectivity index (χ2v) is 7.49. The first-order chi connectivity index (χ1) is 14.9. The van der Waals surface area contributed by atoms with Crippen LogP contribution in [0.25, 0.3) is 0 Å². The maximum Gasteiger partial charge on any atom is 0.326 e. The number of aromatic nitrogens is 2. The molecule has 4 heterocycles. The number of piperidine rings is 1. The highest BCUT2D eigenvalue weighted by molar-refractivity contribution is 5.95. The predicted molar refractivity (Wildman–Crippen MR) is 109 cm³/mol. The molecule has 4 N–H and O–H groups in total. The van der Waals surface area contributed by atoms with Crippen LogP contribution < -0.4 is 20.4 Å². The van der Waals surface area contributed by atoms with Crippen LogP contribution in [0.15, 0.2) is 30.6 Å². The van der Waals surface area contributed by atoms with E-state index in [1.807, 2.05) is 4.90 Å². The van der Waals surface area contributed by atoms with Crippen LogP contribution in [-0.2, 0) is 0 Å². The van der Waals surface area contributed by atoms with Crippen molar-refractivity contribution in [3.05, 3.63) is 41.6 Å². The third-order valence-corrected chi connectivity index (χ3v) is 5.28. The second kappa shape index (κ2) is 8.36. The highest BCUT2D eigenvalue weighted by atomic mass is 16.5. The van der Waals surface area contributed by atoms with Gasteiger partial charge in [0.15, 0.2) is 11.6 Å². The highest BCUT2D eigenvalue weighted by Crippen LogP contribution is 2.35. The molecule has 0 unspecified atom stereocenters. The summed E-state index contributed by atoms with van der Waals surface area (Å²) in [4.78, 5) is 32.3. The number of anilines is 2. The first-order valence-corrected chi connectivity index (χ1v) is 9.92. The van der Waals surface area contributed by atoms with Crippen LogP contribution in [0.4, 0.5) is 16.3 Å². The molecule has 2 aliphatic heterocycles. The molecule has 11 nitrogen and oxygen atoms in total. The molecular formula is C20H24N6O5. The van der Waals surface area contributed by atoms with Gasteiger partial charge in [-0.25, -0.2) is 9.78 Å². The number of hydrogen-bond acceptors (Lipinski definition) is 8. The minimum Gasteiger partial charge on any atom is -0.488 e. The van der Waals surface area contributed by atoms with Gasteiger partial charge in [-0.3, -0.25) is 14.8 Å². The third kappa shape index (κ3) is 4.09. The van der Waals surface area contributed by atoms with E-state index in [1.54, 1.807) is 18.2 Å². The van der Waals surface area contributed by atoms with E-state index >= 15 is 0 Å². The molecule has 2 aliphatic rings. The summed E-state index contributed by atoms with van der Waals surface area (Å²) in [6, 6.07) is 4.45. The molecule has 2 amide bonds. The number of pyridine rings is 2. The van der Waals surface area contributed by atoms with Crippen molar-refractivity contribution in [2.75, 3.05) is 38.2 Å². The molecule has 0 spiro atoms. The summed E-state index contributed by atoms with van der Waals surface area (Å²) >= 11 is 0. The number of aliphatic hydroxyl groups excluding tert-OH is 2.